The monoisotopic (exact) mass is 433 g/mol. The summed E-state index contributed by atoms with van der Waals surface area (Å²) in [5, 5.41) is 13.3. The van der Waals surface area contributed by atoms with Gasteiger partial charge in [0.2, 0.25) is 12.5 Å². The maximum absolute atomic E-state index is 13.0. The van der Waals surface area contributed by atoms with Crippen molar-refractivity contribution in [3.8, 4) is 17.2 Å². The van der Waals surface area contributed by atoms with Gasteiger partial charge in [-0.05, 0) is 17.7 Å². The molecule has 11 nitrogen and oxygen atoms in total. The SMILES string of the molecule is CC(=O)Oc1c2c(cc3c1C(=O)NC1C3=CC(O)C(OC(C)=O)C1OC(C)=O)OCO2. The molecule has 31 heavy (non-hydrogen) atoms. The number of ether oxygens (including phenoxy) is 5. The highest BCUT2D eigenvalue weighted by Crippen LogP contribution is 2.49. The van der Waals surface area contributed by atoms with Crippen molar-refractivity contribution in [3.63, 3.8) is 0 Å². The minimum absolute atomic E-state index is 0.00154. The molecule has 0 saturated heterocycles. The van der Waals surface area contributed by atoms with Crippen LogP contribution in [0.15, 0.2) is 12.1 Å². The summed E-state index contributed by atoms with van der Waals surface area (Å²) in [6.45, 7) is 3.35. The summed E-state index contributed by atoms with van der Waals surface area (Å²) in [6.07, 6.45) is -2.39. The summed E-state index contributed by atoms with van der Waals surface area (Å²) in [4.78, 5) is 47.9. The average Bonchev–Trinajstić information content (AvgIpc) is 3.13. The highest BCUT2D eigenvalue weighted by atomic mass is 16.7. The van der Waals surface area contributed by atoms with Crippen molar-refractivity contribution in [2.45, 2.75) is 45.1 Å². The van der Waals surface area contributed by atoms with E-state index in [1.165, 1.54) is 19.1 Å². The van der Waals surface area contributed by atoms with E-state index in [2.05, 4.69) is 5.32 Å². The first-order valence-corrected chi connectivity index (χ1v) is 9.37. The van der Waals surface area contributed by atoms with Crippen LogP contribution >= 0.6 is 0 Å². The summed E-state index contributed by atoms with van der Waals surface area (Å²) in [7, 11) is 0. The fourth-order valence-corrected chi connectivity index (χ4v) is 3.94. The molecule has 1 aromatic rings. The van der Waals surface area contributed by atoms with Gasteiger partial charge < -0.3 is 34.1 Å². The molecule has 4 rings (SSSR count). The lowest BCUT2D eigenvalue weighted by molar-refractivity contribution is -0.174. The number of rotatable bonds is 3. The standard InChI is InChI=1S/C20H19NO10/c1-7(22)29-16-12(25)4-11-10-5-13-17(28-6-27-13)18(30-8(2)23)14(10)20(26)21-15(11)19(16)31-9(3)24/h4-5,12,15-16,19,25H,6H2,1-3H3,(H,21,26). The van der Waals surface area contributed by atoms with Crippen molar-refractivity contribution in [1.29, 1.82) is 0 Å². The van der Waals surface area contributed by atoms with Gasteiger partial charge in [0.05, 0.1) is 11.6 Å². The van der Waals surface area contributed by atoms with E-state index in [0.29, 0.717) is 11.1 Å². The van der Waals surface area contributed by atoms with E-state index in [1.54, 1.807) is 0 Å². The molecule has 1 aliphatic carbocycles. The zero-order valence-corrected chi connectivity index (χ0v) is 16.8. The molecule has 0 spiro atoms. The predicted octanol–water partition coefficient (Wildman–Crippen LogP) is 0.0739. The smallest absolute Gasteiger partial charge is 0.308 e. The first kappa shape index (κ1) is 20.7. The number of fused-ring (bicyclic) bond motifs is 4. The molecule has 0 fully saturated rings. The summed E-state index contributed by atoms with van der Waals surface area (Å²) >= 11 is 0. The Labute approximate surface area is 175 Å². The van der Waals surface area contributed by atoms with E-state index in [0.717, 1.165) is 13.8 Å². The molecule has 2 heterocycles. The molecule has 2 N–H and O–H groups in total. The molecule has 1 aromatic carbocycles. The van der Waals surface area contributed by atoms with Crippen molar-refractivity contribution < 1.29 is 48.0 Å². The van der Waals surface area contributed by atoms with Crippen LogP contribution in [-0.4, -0.2) is 60.1 Å². The van der Waals surface area contributed by atoms with Gasteiger partial charge in [0.25, 0.3) is 5.91 Å². The predicted molar refractivity (Wildman–Crippen MR) is 100 cm³/mol. The highest BCUT2D eigenvalue weighted by Gasteiger charge is 2.49. The lowest BCUT2D eigenvalue weighted by Crippen LogP contribution is -2.59. The number of esters is 3. The van der Waals surface area contributed by atoms with Gasteiger partial charge in [0, 0.05) is 26.3 Å². The number of nitrogens with one attached hydrogen (secondary N) is 1. The Morgan fingerprint density at radius 2 is 1.74 bits per heavy atom. The zero-order valence-electron chi connectivity index (χ0n) is 16.8. The second kappa shape index (κ2) is 7.58. The van der Waals surface area contributed by atoms with Crippen LogP contribution in [0.4, 0.5) is 0 Å². The molecule has 0 bridgehead atoms. The van der Waals surface area contributed by atoms with Crippen molar-refractivity contribution in [3.05, 3.63) is 23.3 Å². The van der Waals surface area contributed by atoms with Crippen LogP contribution in [0.2, 0.25) is 0 Å². The van der Waals surface area contributed by atoms with E-state index in [4.69, 9.17) is 23.7 Å². The van der Waals surface area contributed by atoms with E-state index < -0.39 is 48.2 Å². The fraction of sp³-hybridized carbons (Fsp3) is 0.400. The van der Waals surface area contributed by atoms with E-state index in [1.807, 2.05) is 0 Å². The number of aliphatic hydroxyl groups is 1. The van der Waals surface area contributed by atoms with Gasteiger partial charge >= 0.3 is 17.9 Å². The largest absolute Gasteiger partial charge is 0.456 e. The third-order valence-electron chi connectivity index (χ3n) is 4.97. The third-order valence-corrected chi connectivity index (χ3v) is 4.97. The van der Waals surface area contributed by atoms with Gasteiger partial charge in [-0.15, -0.1) is 0 Å². The normalized spacial score (nSPS) is 25.4. The molecule has 0 saturated carbocycles. The number of aliphatic hydroxyl groups excluding tert-OH is 1. The van der Waals surface area contributed by atoms with Gasteiger partial charge in [-0.25, -0.2) is 0 Å². The second-order valence-corrected chi connectivity index (χ2v) is 7.17. The molecule has 11 heteroatoms. The van der Waals surface area contributed by atoms with Crippen LogP contribution < -0.4 is 19.5 Å². The molecular weight excluding hydrogens is 414 g/mol. The van der Waals surface area contributed by atoms with Crippen LogP contribution in [-0.2, 0) is 23.9 Å². The van der Waals surface area contributed by atoms with Crippen molar-refractivity contribution in [2.75, 3.05) is 6.79 Å². The van der Waals surface area contributed by atoms with E-state index in [9.17, 15) is 24.3 Å². The molecule has 0 radical (unpaired) electrons. The Kier molecular flexibility index (Phi) is 5.05. The Hall–Kier alpha value is -3.60. The Balaban J connectivity index is 1.89. The third kappa shape index (κ3) is 3.56. The molecule has 1 amide bonds. The summed E-state index contributed by atoms with van der Waals surface area (Å²) < 4.78 is 26.5. The number of carbonyl (C=O) groups is 4. The Morgan fingerprint density at radius 1 is 1.06 bits per heavy atom. The van der Waals surface area contributed by atoms with Gasteiger partial charge in [0.1, 0.15) is 6.10 Å². The minimum Gasteiger partial charge on any atom is -0.456 e. The molecule has 164 valence electrons. The topological polar surface area (TPSA) is 147 Å². The van der Waals surface area contributed by atoms with E-state index >= 15 is 0 Å². The van der Waals surface area contributed by atoms with Crippen LogP contribution in [0.1, 0.15) is 36.7 Å². The minimum atomic E-state index is -1.34. The Morgan fingerprint density at radius 3 is 2.39 bits per heavy atom. The van der Waals surface area contributed by atoms with Crippen molar-refractivity contribution >= 4 is 29.4 Å². The number of hydrogen-bond donors (Lipinski definition) is 2. The van der Waals surface area contributed by atoms with Gasteiger partial charge in [-0.1, -0.05) is 0 Å². The van der Waals surface area contributed by atoms with Crippen LogP contribution in [0.5, 0.6) is 17.2 Å². The van der Waals surface area contributed by atoms with Gasteiger partial charge in [-0.3, -0.25) is 19.2 Å². The quantitative estimate of drug-likeness (QED) is 0.496. The molecule has 2 aliphatic heterocycles. The lowest BCUT2D eigenvalue weighted by Gasteiger charge is -2.42. The van der Waals surface area contributed by atoms with Gasteiger partial charge in [0.15, 0.2) is 23.7 Å². The van der Waals surface area contributed by atoms with Gasteiger partial charge in [-0.2, -0.15) is 0 Å². The maximum Gasteiger partial charge on any atom is 0.308 e. The van der Waals surface area contributed by atoms with Crippen LogP contribution in [0, 0.1) is 0 Å². The molecule has 3 aliphatic rings. The molecule has 4 atom stereocenters. The van der Waals surface area contributed by atoms with Crippen LogP contribution in [0.3, 0.4) is 0 Å². The lowest BCUT2D eigenvalue weighted by atomic mass is 9.79. The number of benzene rings is 1. The first-order valence-electron chi connectivity index (χ1n) is 9.37. The highest BCUT2D eigenvalue weighted by molar-refractivity contribution is 6.08. The zero-order chi connectivity index (χ0) is 22.4. The van der Waals surface area contributed by atoms with Crippen LogP contribution in [0.25, 0.3) is 5.57 Å². The summed E-state index contributed by atoms with van der Waals surface area (Å²) in [5.74, 6) is -2.47. The number of amides is 1. The van der Waals surface area contributed by atoms with Crippen molar-refractivity contribution in [2.24, 2.45) is 0 Å². The average molecular weight is 433 g/mol. The molecule has 4 unspecified atom stereocenters. The summed E-state index contributed by atoms with van der Waals surface area (Å²) in [6, 6.07) is 0.577. The Bertz CT molecular complexity index is 1030. The van der Waals surface area contributed by atoms with Crippen molar-refractivity contribution in [1.82, 2.24) is 5.32 Å². The molecular formula is C20H19NO10. The number of carbonyl (C=O) groups excluding carboxylic acids is 4. The fourth-order valence-electron chi connectivity index (χ4n) is 3.94. The summed E-state index contributed by atoms with van der Waals surface area (Å²) in [5.41, 5.74) is 0.678. The number of hydrogen-bond acceptors (Lipinski definition) is 10. The van der Waals surface area contributed by atoms with E-state index in [-0.39, 0.29) is 29.6 Å². The first-order chi connectivity index (χ1) is 14.7. The molecule has 0 aromatic heterocycles. The second-order valence-electron chi connectivity index (χ2n) is 7.17. The maximum atomic E-state index is 13.0.